The highest BCUT2D eigenvalue weighted by atomic mass is 16.4. The Kier molecular flexibility index (Phi) is 6.40. The molecule has 0 radical (unpaired) electrons. The lowest BCUT2D eigenvalue weighted by molar-refractivity contribution is -0.137. The van der Waals surface area contributed by atoms with E-state index in [-0.39, 0.29) is 42.5 Å². The molecule has 1 aliphatic heterocycles. The Labute approximate surface area is 217 Å². The molecule has 2 amide bonds. The van der Waals surface area contributed by atoms with Crippen molar-refractivity contribution < 1.29 is 19.5 Å². The van der Waals surface area contributed by atoms with Gasteiger partial charge in [0.1, 0.15) is 17.4 Å². The van der Waals surface area contributed by atoms with Gasteiger partial charge in [-0.2, -0.15) is 0 Å². The number of hydrogen-bond acceptors (Lipinski definition) is 6. The number of pyridine rings is 1. The first-order chi connectivity index (χ1) is 18.3. The van der Waals surface area contributed by atoms with Crippen molar-refractivity contribution in [2.75, 3.05) is 11.9 Å². The minimum atomic E-state index is -1.02. The number of rotatable bonds is 7. The van der Waals surface area contributed by atoms with Crippen molar-refractivity contribution in [2.45, 2.75) is 13.0 Å². The Morgan fingerprint density at radius 2 is 1.87 bits per heavy atom. The molecule has 38 heavy (non-hydrogen) atoms. The molecule has 0 atom stereocenters. The third kappa shape index (κ3) is 4.72. The van der Waals surface area contributed by atoms with E-state index in [2.05, 4.69) is 15.3 Å². The molecule has 190 valence electrons. The number of nitrogens with zero attached hydrogens (tertiary/aromatic N) is 4. The van der Waals surface area contributed by atoms with E-state index >= 15 is 0 Å². The molecule has 0 unspecified atom stereocenters. The largest absolute Gasteiger partial charge is 0.481 e. The van der Waals surface area contributed by atoms with E-state index in [4.69, 9.17) is 11.1 Å². The second-order valence-electron chi connectivity index (χ2n) is 8.66. The molecule has 2 aromatic carbocycles. The molecule has 0 saturated heterocycles. The first kappa shape index (κ1) is 24.4. The standard InChI is InChI=1S/C27H23N7O4/c28-25(29)17-8-10-30-20(12-17)26(37)32-18-6-7-21-19(13-18)27(38)33(11-9-24(35)36)15-23-31-14-22(34(21)23)16-4-2-1-3-5-16/h1-8,10,12-14H,9,11,15H2,(H3,28,29)(H,32,37)(H,35,36). The van der Waals surface area contributed by atoms with E-state index < -0.39 is 11.9 Å². The Balaban J connectivity index is 1.56. The van der Waals surface area contributed by atoms with Crippen molar-refractivity contribution in [3.8, 4) is 16.9 Å². The smallest absolute Gasteiger partial charge is 0.305 e. The van der Waals surface area contributed by atoms with Gasteiger partial charge in [0.15, 0.2) is 0 Å². The predicted molar refractivity (Wildman–Crippen MR) is 139 cm³/mol. The van der Waals surface area contributed by atoms with Crippen LogP contribution >= 0.6 is 0 Å². The fourth-order valence-electron chi connectivity index (χ4n) is 4.30. The number of carboxylic acid groups (broad SMARTS) is 1. The molecule has 2 aromatic heterocycles. The highest BCUT2D eigenvalue weighted by Gasteiger charge is 2.29. The van der Waals surface area contributed by atoms with Crippen molar-refractivity contribution in [2.24, 2.45) is 5.73 Å². The minimum Gasteiger partial charge on any atom is -0.481 e. The van der Waals surface area contributed by atoms with Gasteiger partial charge in [-0.15, -0.1) is 0 Å². The van der Waals surface area contributed by atoms with Gasteiger partial charge in [0.25, 0.3) is 11.8 Å². The van der Waals surface area contributed by atoms with Crippen LogP contribution < -0.4 is 11.1 Å². The topological polar surface area (TPSA) is 167 Å². The average Bonchev–Trinajstić information content (AvgIpc) is 3.29. The maximum absolute atomic E-state index is 13.6. The van der Waals surface area contributed by atoms with Crippen LogP contribution in [-0.4, -0.2) is 54.7 Å². The van der Waals surface area contributed by atoms with Gasteiger partial charge < -0.3 is 21.1 Å². The Morgan fingerprint density at radius 3 is 2.61 bits per heavy atom. The van der Waals surface area contributed by atoms with Crippen LogP contribution in [0.4, 0.5) is 5.69 Å². The van der Waals surface area contributed by atoms with Crippen molar-refractivity contribution in [1.82, 2.24) is 19.4 Å². The number of amides is 2. The predicted octanol–water partition coefficient (Wildman–Crippen LogP) is 2.90. The number of nitrogen functional groups attached to an aromatic ring is 1. The third-order valence-corrected chi connectivity index (χ3v) is 6.15. The number of anilines is 1. The first-order valence-corrected chi connectivity index (χ1v) is 11.7. The zero-order valence-electron chi connectivity index (χ0n) is 20.1. The number of carbonyl (C=O) groups excluding carboxylic acids is 2. The summed E-state index contributed by atoms with van der Waals surface area (Å²) in [6.45, 7) is 0.122. The molecule has 0 aliphatic carbocycles. The molecule has 5 rings (SSSR count). The summed E-state index contributed by atoms with van der Waals surface area (Å²) >= 11 is 0. The van der Waals surface area contributed by atoms with Gasteiger partial charge in [0.05, 0.1) is 36.1 Å². The summed E-state index contributed by atoms with van der Waals surface area (Å²) in [6.07, 6.45) is 2.89. The summed E-state index contributed by atoms with van der Waals surface area (Å²) in [6, 6.07) is 17.5. The number of fused-ring (bicyclic) bond motifs is 3. The SMILES string of the molecule is N=C(N)c1ccnc(C(=O)Nc2ccc3c(c2)C(=O)N(CCC(=O)O)Cc2ncc(-c4ccccc4)n2-3)c1. The molecule has 11 heteroatoms. The van der Waals surface area contributed by atoms with Gasteiger partial charge >= 0.3 is 5.97 Å². The molecular weight excluding hydrogens is 486 g/mol. The fourth-order valence-corrected chi connectivity index (χ4v) is 4.30. The lowest BCUT2D eigenvalue weighted by Gasteiger charge is -2.19. The van der Waals surface area contributed by atoms with E-state index in [9.17, 15) is 19.5 Å². The van der Waals surface area contributed by atoms with Gasteiger partial charge in [-0.3, -0.25) is 29.3 Å². The van der Waals surface area contributed by atoms with Crippen LogP contribution in [0.3, 0.4) is 0 Å². The second-order valence-corrected chi connectivity index (χ2v) is 8.66. The van der Waals surface area contributed by atoms with E-state index in [0.29, 0.717) is 22.8 Å². The van der Waals surface area contributed by atoms with Crippen LogP contribution in [-0.2, 0) is 11.3 Å². The normalized spacial score (nSPS) is 12.3. The molecule has 0 bridgehead atoms. The van der Waals surface area contributed by atoms with Crippen LogP contribution in [0.5, 0.6) is 0 Å². The number of carbonyl (C=O) groups is 3. The Hall–Kier alpha value is -5.32. The molecule has 4 aromatic rings. The summed E-state index contributed by atoms with van der Waals surface area (Å²) in [5.74, 6) is -1.53. The number of aliphatic carboxylic acids is 1. The number of nitrogens with two attached hydrogens (primary N) is 1. The van der Waals surface area contributed by atoms with Gasteiger partial charge in [0, 0.05) is 29.6 Å². The number of hydrogen-bond donors (Lipinski definition) is 4. The monoisotopic (exact) mass is 509 g/mol. The molecule has 0 fully saturated rings. The maximum atomic E-state index is 13.6. The minimum absolute atomic E-state index is 0.000514. The molecule has 0 saturated carbocycles. The van der Waals surface area contributed by atoms with E-state index in [0.717, 1.165) is 11.3 Å². The van der Waals surface area contributed by atoms with Crippen molar-refractivity contribution in [3.63, 3.8) is 0 Å². The quantitative estimate of drug-likeness (QED) is 0.219. The zero-order valence-corrected chi connectivity index (χ0v) is 20.1. The van der Waals surface area contributed by atoms with Gasteiger partial charge in [0.2, 0.25) is 0 Å². The molecule has 1 aliphatic rings. The van der Waals surface area contributed by atoms with E-state index in [1.807, 2.05) is 34.9 Å². The van der Waals surface area contributed by atoms with Crippen molar-refractivity contribution in [3.05, 3.63) is 95.7 Å². The third-order valence-electron chi connectivity index (χ3n) is 6.15. The average molecular weight is 510 g/mol. The lowest BCUT2D eigenvalue weighted by atomic mass is 10.1. The Bertz CT molecular complexity index is 1580. The van der Waals surface area contributed by atoms with Crippen molar-refractivity contribution in [1.29, 1.82) is 5.41 Å². The van der Waals surface area contributed by atoms with Crippen molar-refractivity contribution >= 4 is 29.3 Å². The molecule has 11 nitrogen and oxygen atoms in total. The zero-order chi connectivity index (χ0) is 26.8. The second kappa shape index (κ2) is 9.97. The lowest BCUT2D eigenvalue weighted by Crippen LogP contribution is -2.32. The van der Waals surface area contributed by atoms with Gasteiger partial charge in [-0.05, 0) is 30.3 Å². The number of aromatic nitrogens is 3. The van der Waals surface area contributed by atoms with Crippen LogP contribution in [0.2, 0.25) is 0 Å². The maximum Gasteiger partial charge on any atom is 0.305 e. The summed E-state index contributed by atoms with van der Waals surface area (Å²) in [7, 11) is 0. The molecule has 3 heterocycles. The number of benzene rings is 2. The molecular formula is C27H23N7O4. The van der Waals surface area contributed by atoms with Gasteiger partial charge in [-0.25, -0.2) is 4.98 Å². The van der Waals surface area contributed by atoms with E-state index in [1.54, 1.807) is 24.4 Å². The fraction of sp³-hybridized carbons (Fsp3) is 0.111. The molecule has 5 N–H and O–H groups in total. The van der Waals surface area contributed by atoms with Crippen LogP contribution in [0.15, 0.2) is 73.1 Å². The summed E-state index contributed by atoms with van der Waals surface area (Å²) in [4.78, 5) is 47.8. The molecule has 0 spiro atoms. The number of nitrogens with one attached hydrogen (secondary N) is 2. The number of carboxylic acids is 1. The van der Waals surface area contributed by atoms with Crippen LogP contribution in [0, 0.1) is 5.41 Å². The van der Waals surface area contributed by atoms with E-state index in [1.165, 1.54) is 23.2 Å². The first-order valence-electron chi connectivity index (χ1n) is 11.7. The summed E-state index contributed by atoms with van der Waals surface area (Å²) in [5.41, 5.74) is 8.81. The highest BCUT2D eigenvalue weighted by Crippen LogP contribution is 2.32. The van der Waals surface area contributed by atoms with Crippen LogP contribution in [0.1, 0.15) is 38.7 Å². The summed E-state index contributed by atoms with van der Waals surface area (Å²) < 4.78 is 1.88. The van der Waals surface area contributed by atoms with Crippen LogP contribution in [0.25, 0.3) is 16.9 Å². The highest BCUT2D eigenvalue weighted by molar-refractivity contribution is 6.06. The summed E-state index contributed by atoms with van der Waals surface area (Å²) in [5, 5.41) is 19.5. The number of amidine groups is 1. The number of imidazole rings is 1. The Morgan fingerprint density at radius 1 is 1.08 bits per heavy atom. The van der Waals surface area contributed by atoms with Gasteiger partial charge in [-0.1, -0.05) is 30.3 Å².